The van der Waals surface area contributed by atoms with Gasteiger partial charge in [-0.1, -0.05) is 12.2 Å². The predicted octanol–water partition coefficient (Wildman–Crippen LogP) is -1.10. The number of fused-ring (bicyclic) bond motifs is 4. The number of aromatic amines is 2. The molecule has 27 heteroatoms. The number of ether oxygens (including phenoxy) is 2. The Balaban J connectivity index is 0.659. The Morgan fingerprint density at radius 2 is 0.937 bits per heavy atom. The molecule has 410 valence electrons. The number of methoxy groups -OCH3 is 2. The van der Waals surface area contributed by atoms with E-state index < -0.39 is 56.9 Å². The molecule has 0 spiro atoms. The fourth-order valence-corrected chi connectivity index (χ4v) is 13.1. The zero-order valence-electron chi connectivity index (χ0n) is 43.1. The standard InChI is InChI=1S/C52H54IN16O10/c1-78-35-15-56-45(39-37(35)33(13-54-39)41(70)51(76)66-21-29-17-64(18-30(29)22-66)49(74)27-9-5-3-6-10-27)68-25-58-43(62-68)47(72)60-53-61-48(73)44-59-26-69(63-44)46-40-38(36(79-2)16-57-46)34(14-55-40)42(71)52(77)67-23-31-19-65(20-32(31)24-67)50(75)28-11-7-4-8-12-28/h9,11,13-16,25-26,29-32,54-55H,3-8,10,12,17-24H2,1-2H3,(H,60,72)(H,61,73)/q-1. The molecule has 4 aliphatic heterocycles. The van der Waals surface area contributed by atoms with Gasteiger partial charge >= 0.3 is 281 Å². The first kappa shape index (κ1) is 51.4. The number of ketones is 2. The van der Waals surface area contributed by atoms with Crippen LogP contribution in [0.3, 0.4) is 0 Å². The van der Waals surface area contributed by atoms with E-state index in [1.54, 1.807) is 9.80 Å². The number of rotatable bonds is 14. The van der Waals surface area contributed by atoms with Crippen molar-refractivity contribution in [3.8, 4) is 23.1 Å². The Morgan fingerprint density at radius 3 is 1.30 bits per heavy atom. The molecule has 2 aliphatic carbocycles. The van der Waals surface area contributed by atoms with E-state index >= 15 is 0 Å². The van der Waals surface area contributed by atoms with Gasteiger partial charge in [0.15, 0.2) is 0 Å². The van der Waals surface area contributed by atoms with Gasteiger partial charge in [-0.05, 0) is 51.4 Å². The predicted molar refractivity (Wildman–Crippen MR) is 272 cm³/mol. The molecule has 4 unspecified atom stereocenters. The molecule has 10 heterocycles. The van der Waals surface area contributed by atoms with Crippen LogP contribution in [0, 0.1) is 23.7 Å². The van der Waals surface area contributed by atoms with Gasteiger partial charge in [0.2, 0.25) is 11.8 Å². The maximum atomic E-state index is 13.9. The Morgan fingerprint density at radius 1 is 0.544 bits per heavy atom. The van der Waals surface area contributed by atoms with E-state index in [1.165, 1.54) is 61.0 Å². The summed E-state index contributed by atoms with van der Waals surface area (Å²) in [7, 11) is 2.83. The third-order valence-corrected chi connectivity index (χ3v) is 17.5. The van der Waals surface area contributed by atoms with Crippen molar-refractivity contribution in [1.82, 2.24) is 76.1 Å². The van der Waals surface area contributed by atoms with E-state index in [4.69, 9.17) is 9.47 Å². The van der Waals surface area contributed by atoms with Crippen molar-refractivity contribution in [1.29, 1.82) is 0 Å². The van der Waals surface area contributed by atoms with Gasteiger partial charge in [0.25, 0.3) is 0 Å². The number of pyridine rings is 2. The van der Waals surface area contributed by atoms with E-state index in [0.29, 0.717) is 63.4 Å². The number of Topliss-reactive ketones (excluding diaryl/α,β-unsaturated/α-hetero) is 2. The molecule has 6 aromatic rings. The van der Waals surface area contributed by atoms with Crippen LogP contribution in [0.5, 0.6) is 11.5 Å². The second-order valence-corrected chi connectivity index (χ2v) is 22.3. The second kappa shape index (κ2) is 21.1. The average Bonchev–Trinajstić information content (AvgIpc) is 4.52. The van der Waals surface area contributed by atoms with Crippen LogP contribution < -0.4 is 38.3 Å². The summed E-state index contributed by atoms with van der Waals surface area (Å²) in [5.74, 6) is -3.51. The fourth-order valence-electron chi connectivity index (χ4n) is 12.0. The average molecular weight is 1190 g/mol. The molecule has 0 aromatic carbocycles. The summed E-state index contributed by atoms with van der Waals surface area (Å²) >= 11 is -1.56. The summed E-state index contributed by atoms with van der Waals surface area (Å²) < 4.78 is 18.9. The first-order valence-corrected chi connectivity index (χ1v) is 28.3. The van der Waals surface area contributed by atoms with Crippen molar-refractivity contribution in [2.45, 2.75) is 51.4 Å². The number of carbonyl (C=O) groups is 8. The van der Waals surface area contributed by atoms with Crippen LogP contribution in [0.25, 0.3) is 33.4 Å². The van der Waals surface area contributed by atoms with Gasteiger partial charge in [-0.15, -0.1) is 0 Å². The monoisotopic (exact) mass is 1190 g/mol. The van der Waals surface area contributed by atoms with Crippen LogP contribution in [0.1, 0.15) is 93.3 Å². The van der Waals surface area contributed by atoms with E-state index in [0.717, 1.165) is 62.5 Å². The van der Waals surface area contributed by atoms with Gasteiger partial charge in [-0.25, -0.2) is 0 Å². The molecule has 4 atom stereocenters. The number of hydrogen-bond acceptors (Lipinski definition) is 16. The Hall–Kier alpha value is -8.37. The summed E-state index contributed by atoms with van der Waals surface area (Å²) in [4.78, 5) is 138. The van der Waals surface area contributed by atoms with Crippen LogP contribution >= 0.6 is 0 Å². The van der Waals surface area contributed by atoms with Gasteiger partial charge in [0, 0.05) is 87.2 Å². The number of hydrogen-bond donors (Lipinski definition) is 4. The molecule has 6 aromatic heterocycles. The Kier molecular flexibility index (Phi) is 13.7. The summed E-state index contributed by atoms with van der Waals surface area (Å²) in [6, 6.07) is 0. The quantitative estimate of drug-likeness (QED) is 0.0435. The van der Waals surface area contributed by atoms with Gasteiger partial charge in [0.1, 0.15) is 0 Å². The molecule has 0 saturated carbocycles. The van der Waals surface area contributed by atoms with E-state index in [2.05, 4.69) is 47.2 Å². The molecule has 12 rings (SSSR count). The topological polar surface area (TPSA) is 311 Å². The van der Waals surface area contributed by atoms with E-state index in [9.17, 15) is 38.4 Å². The van der Waals surface area contributed by atoms with Crippen LogP contribution in [-0.2, 0) is 19.2 Å². The molecule has 0 bridgehead atoms. The number of aromatic nitrogens is 10. The number of carbonyl (C=O) groups excluding carboxylic acids is 8. The van der Waals surface area contributed by atoms with E-state index in [-0.39, 0.29) is 92.2 Å². The number of nitrogens with one attached hydrogen (secondary N) is 4. The van der Waals surface area contributed by atoms with Gasteiger partial charge in [0.05, 0.1) is 0 Å². The third kappa shape index (κ3) is 9.44. The number of halogens is 1. The van der Waals surface area contributed by atoms with Crippen molar-refractivity contribution >= 4 is 68.8 Å². The van der Waals surface area contributed by atoms with Gasteiger partial charge in [-0.3, -0.25) is 9.59 Å². The molecule has 26 nitrogen and oxygen atoms in total. The molecule has 79 heavy (non-hydrogen) atoms. The number of nitrogens with zero attached hydrogens (tertiary/aromatic N) is 12. The van der Waals surface area contributed by atoms with E-state index in [1.807, 2.05) is 22.0 Å². The first-order valence-electron chi connectivity index (χ1n) is 26.2. The summed E-state index contributed by atoms with van der Waals surface area (Å²) in [6.07, 6.45) is 19.8. The molecular formula is C52H54IN16O10-. The van der Waals surface area contributed by atoms with Crippen molar-refractivity contribution in [2.75, 3.05) is 66.6 Å². The normalized spacial score (nSPS) is 20.8. The van der Waals surface area contributed by atoms with Gasteiger partial charge < -0.3 is 9.80 Å². The fraction of sp³-hybridized carbons (Fsp3) is 0.423. The Labute approximate surface area is 460 Å². The zero-order valence-corrected chi connectivity index (χ0v) is 45.2. The molecule has 0 radical (unpaired) electrons. The number of H-pyrrole nitrogens is 2. The van der Waals surface area contributed by atoms with Crippen LogP contribution in [0.4, 0.5) is 0 Å². The molecule has 6 aliphatic rings. The zero-order chi connectivity index (χ0) is 54.6. The summed E-state index contributed by atoms with van der Waals surface area (Å²) in [5, 5.41) is 9.19. The number of amides is 6. The maximum absolute atomic E-state index is 13.9. The van der Waals surface area contributed by atoms with Gasteiger partial charge in [-0.2, -0.15) is 0 Å². The second-order valence-electron chi connectivity index (χ2n) is 20.7. The summed E-state index contributed by atoms with van der Waals surface area (Å²) in [5.41, 5.74) is 2.47. The van der Waals surface area contributed by atoms with Crippen molar-refractivity contribution in [3.05, 3.63) is 83.5 Å². The SMILES string of the molecule is COc1cnc(-n2cnc(C(=O)N[I-]NC(=O)c3ncn(-c4ncc(OC)c5c(C(=O)C(=O)N6CC7CN(C(=O)C8=CCCCC8)CC7C6)c[nH]c45)n3)n2)c2[nH]cc(C(=O)C(=O)N3CC4CN(C(=O)C5=CCCCC5)CC4C3)c12. The minimum atomic E-state index is -1.56. The van der Waals surface area contributed by atoms with Crippen LogP contribution in [0.15, 0.2) is 60.7 Å². The first-order chi connectivity index (χ1) is 38.4. The molecule has 6 amide bonds. The molecule has 4 N–H and O–H groups in total. The Bertz CT molecular complexity index is 3340. The van der Waals surface area contributed by atoms with Crippen molar-refractivity contribution in [3.63, 3.8) is 0 Å². The summed E-state index contributed by atoms with van der Waals surface area (Å²) in [6.45, 7) is 3.64. The molecule has 4 fully saturated rings. The minimum absolute atomic E-state index is 0.0691. The van der Waals surface area contributed by atoms with Crippen LogP contribution in [-0.4, -0.2) is 183 Å². The number of allylic oxidation sites excluding steroid dienone is 2. The van der Waals surface area contributed by atoms with Crippen molar-refractivity contribution < 1.29 is 69.6 Å². The third-order valence-electron chi connectivity index (χ3n) is 16.0. The van der Waals surface area contributed by atoms with Crippen molar-refractivity contribution in [2.24, 2.45) is 23.7 Å². The van der Waals surface area contributed by atoms with Crippen LogP contribution in [0.2, 0.25) is 0 Å². The number of likely N-dealkylation sites (tertiary alicyclic amines) is 4. The molecule has 4 saturated heterocycles. The molecular weight excluding hydrogens is 1140 g/mol.